The highest BCUT2D eigenvalue weighted by atomic mass is 19.1. The number of benzene rings is 1. The van der Waals surface area contributed by atoms with E-state index in [-0.39, 0.29) is 17.5 Å². The van der Waals surface area contributed by atoms with Crippen LogP contribution in [0.1, 0.15) is 69.6 Å². The van der Waals surface area contributed by atoms with Gasteiger partial charge >= 0.3 is 0 Å². The summed E-state index contributed by atoms with van der Waals surface area (Å²) in [7, 11) is 0. The zero-order valence-electron chi connectivity index (χ0n) is 14.4. The lowest BCUT2D eigenvalue weighted by Gasteiger charge is -2.20. The molecule has 3 heteroatoms. The third-order valence-electron chi connectivity index (χ3n) is 4.66. The zero-order valence-corrected chi connectivity index (χ0v) is 14.4. The number of aromatic hydroxyl groups is 1. The van der Waals surface area contributed by atoms with Crippen LogP contribution >= 0.6 is 0 Å². The van der Waals surface area contributed by atoms with Crippen LogP contribution in [0.4, 0.5) is 4.39 Å². The van der Waals surface area contributed by atoms with Crippen LogP contribution in [0.15, 0.2) is 6.07 Å². The molecule has 0 radical (unpaired) electrons. The summed E-state index contributed by atoms with van der Waals surface area (Å²) < 4.78 is 14.9. The Kier molecular flexibility index (Phi) is 5.85. The van der Waals surface area contributed by atoms with E-state index in [2.05, 4.69) is 19.2 Å². The SMILES string of the molecule is CC(C)CCNC1CCCc2cc(O)c(C(C)C)c(F)c2C1. The van der Waals surface area contributed by atoms with E-state index in [9.17, 15) is 9.50 Å². The number of hydrogen-bond donors (Lipinski definition) is 2. The van der Waals surface area contributed by atoms with Gasteiger partial charge in [0.15, 0.2) is 0 Å². The molecule has 0 amide bonds. The molecule has 2 rings (SSSR count). The molecule has 1 atom stereocenters. The lowest BCUT2D eigenvalue weighted by Crippen LogP contribution is -2.32. The van der Waals surface area contributed by atoms with Gasteiger partial charge in [0.05, 0.1) is 0 Å². The number of rotatable bonds is 5. The summed E-state index contributed by atoms with van der Waals surface area (Å²) in [5, 5.41) is 13.7. The molecule has 0 aliphatic heterocycles. The van der Waals surface area contributed by atoms with Crippen molar-refractivity contribution in [1.82, 2.24) is 5.32 Å². The first-order valence-corrected chi connectivity index (χ1v) is 8.66. The van der Waals surface area contributed by atoms with Gasteiger partial charge in [0.2, 0.25) is 0 Å². The van der Waals surface area contributed by atoms with Crippen LogP contribution in [0.5, 0.6) is 5.75 Å². The second kappa shape index (κ2) is 7.45. The van der Waals surface area contributed by atoms with E-state index in [4.69, 9.17) is 0 Å². The van der Waals surface area contributed by atoms with Gasteiger partial charge in [0.1, 0.15) is 11.6 Å². The van der Waals surface area contributed by atoms with Gasteiger partial charge < -0.3 is 10.4 Å². The standard InChI is InChI=1S/C19H30FNO/c1-12(2)8-9-21-15-7-5-6-14-10-17(22)18(13(3)4)19(20)16(14)11-15/h10,12-13,15,21-22H,5-9,11H2,1-4H3. The van der Waals surface area contributed by atoms with Crippen molar-refractivity contribution in [3.63, 3.8) is 0 Å². The number of hydrogen-bond acceptors (Lipinski definition) is 2. The minimum absolute atomic E-state index is 0.000836. The van der Waals surface area contributed by atoms with Gasteiger partial charge in [-0.25, -0.2) is 4.39 Å². The van der Waals surface area contributed by atoms with Gasteiger partial charge in [-0.05, 0) is 67.7 Å². The third kappa shape index (κ3) is 4.01. The molecule has 1 aromatic carbocycles. The van der Waals surface area contributed by atoms with E-state index in [0.717, 1.165) is 49.8 Å². The number of aryl methyl sites for hydroxylation is 1. The van der Waals surface area contributed by atoms with E-state index in [1.165, 1.54) is 0 Å². The first-order chi connectivity index (χ1) is 10.4. The van der Waals surface area contributed by atoms with Crippen molar-refractivity contribution < 1.29 is 9.50 Å². The van der Waals surface area contributed by atoms with Gasteiger partial charge in [-0.1, -0.05) is 27.7 Å². The number of fused-ring (bicyclic) bond motifs is 1. The zero-order chi connectivity index (χ0) is 16.3. The largest absolute Gasteiger partial charge is 0.508 e. The molecule has 124 valence electrons. The molecular weight excluding hydrogens is 277 g/mol. The highest BCUT2D eigenvalue weighted by molar-refractivity contribution is 5.45. The summed E-state index contributed by atoms with van der Waals surface area (Å²) >= 11 is 0. The van der Waals surface area contributed by atoms with Crippen molar-refractivity contribution in [3.8, 4) is 5.75 Å². The first kappa shape index (κ1) is 17.3. The molecule has 1 aromatic rings. The molecule has 1 aliphatic rings. The Labute approximate surface area is 134 Å². The van der Waals surface area contributed by atoms with Crippen molar-refractivity contribution >= 4 is 0 Å². The summed E-state index contributed by atoms with van der Waals surface area (Å²) in [5.74, 6) is 0.632. The molecule has 0 fully saturated rings. The Hall–Kier alpha value is -1.09. The van der Waals surface area contributed by atoms with Crippen molar-refractivity contribution in [1.29, 1.82) is 0 Å². The molecule has 0 saturated carbocycles. The lowest BCUT2D eigenvalue weighted by molar-refractivity contribution is 0.435. The lowest BCUT2D eigenvalue weighted by atomic mass is 9.92. The Morgan fingerprint density at radius 3 is 2.68 bits per heavy atom. The average molecular weight is 307 g/mol. The fourth-order valence-corrected chi connectivity index (χ4v) is 3.38. The van der Waals surface area contributed by atoms with Crippen molar-refractivity contribution in [2.45, 2.75) is 71.8 Å². The second-order valence-electron chi connectivity index (χ2n) is 7.35. The fraction of sp³-hybridized carbons (Fsp3) is 0.684. The van der Waals surface area contributed by atoms with E-state index in [0.29, 0.717) is 17.5 Å². The van der Waals surface area contributed by atoms with Gasteiger partial charge in [0, 0.05) is 11.6 Å². The van der Waals surface area contributed by atoms with Gasteiger partial charge in [-0.3, -0.25) is 0 Å². The highest BCUT2D eigenvalue weighted by Gasteiger charge is 2.24. The molecule has 0 bridgehead atoms. The molecule has 0 aromatic heterocycles. The maximum absolute atomic E-state index is 14.9. The fourth-order valence-electron chi connectivity index (χ4n) is 3.38. The minimum Gasteiger partial charge on any atom is -0.508 e. The number of phenols is 1. The summed E-state index contributed by atoms with van der Waals surface area (Å²) in [6.07, 6.45) is 4.87. The molecular formula is C19H30FNO. The van der Waals surface area contributed by atoms with E-state index < -0.39 is 0 Å². The summed E-state index contributed by atoms with van der Waals surface area (Å²) in [4.78, 5) is 0. The maximum Gasteiger partial charge on any atom is 0.133 e. The van der Waals surface area contributed by atoms with Gasteiger partial charge in [-0.15, -0.1) is 0 Å². The summed E-state index contributed by atoms with van der Waals surface area (Å²) in [5.41, 5.74) is 2.29. The smallest absolute Gasteiger partial charge is 0.133 e. The molecule has 0 spiro atoms. The second-order valence-corrected chi connectivity index (χ2v) is 7.35. The Morgan fingerprint density at radius 1 is 1.32 bits per heavy atom. The van der Waals surface area contributed by atoms with Gasteiger partial charge in [0.25, 0.3) is 0 Å². The van der Waals surface area contributed by atoms with Crippen molar-refractivity contribution in [2.24, 2.45) is 5.92 Å². The molecule has 1 aliphatic carbocycles. The van der Waals surface area contributed by atoms with E-state index >= 15 is 0 Å². The molecule has 1 unspecified atom stereocenters. The molecule has 2 N–H and O–H groups in total. The van der Waals surface area contributed by atoms with Crippen molar-refractivity contribution in [2.75, 3.05) is 6.54 Å². The Balaban J connectivity index is 2.20. The van der Waals surface area contributed by atoms with Crippen LogP contribution in [-0.4, -0.2) is 17.7 Å². The normalized spacial score (nSPS) is 18.6. The minimum atomic E-state index is -0.178. The molecule has 22 heavy (non-hydrogen) atoms. The first-order valence-electron chi connectivity index (χ1n) is 8.66. The number of nitrogens with one attached hydrogen (secondary N) is 1. The average Bonchev–Trinajstić information content (AvgIpc) is 2.60. The molecule has 0 saturated heterocycles. The van der Waals surface area contributed by atoms with Crippen LogP contribution in [-0.2, 0) is 12.8 Å². The topological polar surface area (TPSA) is 32.3 Å². The molecule has 0 heterocycles. The summed E-state index contributed by atoms with van der Waals surface area (Å²) in [6.45, 7) is 9.30. The Morgan fingerprint density at radius 2 is 2.05 bits per heavy atom. The predicted octanol–water partition coefficient (Wildman–Crippen LogP) is 4.54. The van der Waals surface area contributed by atoms with Gasteiger partial charge in [-0.2, -0.15) is 0 Å². The van der Waals surface area contributed by atoms with E-state index in [1.54, 1.807) is 6.07 Å². The van der Waals surface area contributed by atoms with Crippen LogP contribution in [0.25, 0.3) is 0 Å². The number of halogens is 1. The summed E-state index contributed by atoms with van der Waals surface area (Å²) in [6, 6.07) is 2.14. The maximum atomic E-state index is 14.9. The van der Waals surface area contributed by atoms with E-state index in [1.807, 2.05) is 13.8 Å². The Bertz CT molecular complexity index is 511. The van der Waals surface area contributed by atoms with Crippen LogP contribution in [0, 0.1) is 11.7 Å². The molecule has 2 nitrogen and oxygen atoms in total. The van der Waals surface area contributed by atoms with Crippen molar-refractivity contribution in [3.05, 3.63) is 28.6 Å². The third-order valence-corrected chi connectivity index (χ3v) is 4.66. The van der Waals surface area contributed by atoms with Crippen LogP contribution in [0.2, 0.25) is 0 Å². The van der Waals surface area contributed by atoms with Crippen LogP contribution < -0.4 is 5.32 Å². The van der Waals surface area contributed by atoms with Crippen LogP contribution in [0.3, 0.4) is 0 Å². The monoisotopic (exact) mass is 307 g/mol. The quantitative estimate of drug-likeness (QED) is 0.783. The number of phenolic OH excluding ortho intramolecular Hbond substituents is 1. The predicted molar refractivity (Wildman–Crippen MR) is 90.0 cm³/mol. The highest BCUT2D eigenvalue weighted by Crippen LogP contribution is 2.35.